The molecule has 2 aromatic rings. The Hall–Kier alpha value is -1.90. The van der Waals surface area contributed by atoms with Gasteiger partial charge in [0.1, 0.15) is 0 Å². The Morgan fingerprint density at radius 3 is 2.69 bits per heavy atom. The van der Waals surface area contributed by atoms with Gasteiger partial charge in [-0.3, -0.25) is 14.4 Å². The van der Waals surface area contributed by atoms with Gasteiger partial charge in [0.2, 0.25) is 10.0 Å². The molecule has 2 heterocycles. The Labute approximate surface area is 158 Å². The van der Waals surface area contributed by atoms with Gasteiger partial charge in [0.05, 0.1) is 6.26 Å². The first-order valence-electron chi connectivity index (χ1n) is 8.50. The van der Waals surface area contributed by atoms with Crippen LogP contribution in [0.15, 0.2) is 35.7 Å². The maximum absolute atomic E-state index is 12.3. The molecule has 1 aliphatic heterocycles. The molecule has 6 nitrogen and oxygen atoms in total. The lowest BCUT2D eigenvalue weighted by Gasteiger charge is -2.33. The number of rotatable bonds is 6. The summed E-state index contributed by atoms with van der Waals surface area (Å²) in [7, 11) is -3.31. The number of carbonyl (C=O) groups is 1. The lowest BCUT2D eigenvalue weighted by molar-refractivity contribution is 0.0943. The SMILES string of the molecule is CC1c2sccc2CCN1CCNC(=O)c1ccc(NS(C)(=O)=O)cc1. The van der Waals surface area contributed by atoms with Crippen molar-refractivity contribution >= 4 is 33.0 Å². The summed E-state index contributed by atoms with van der Waals surface area (Å²) in [5.41, 5.74) is 2.40. The highest BCUT2D eigenvalue weighted by Gasteiger charge is 2.24. The number of hydrogen-bond acceptors (Lipinski definition) is 5. The van der Waals surface area contributed by atoms with E-state index in [9.17, 15) is 13.2 Å². The number of fused-ring (bicyclic) bond motifs is 1. The predicted molar refractivity (Wildman–Crippen MR) is 105 cm³/mol. The molecule has 1 aromatic carbocycles. The zero-order valence-corrected chi connectivity index (χ0v) is 16.5. The van der Waals surface area contributed by atoms with E-state index in [1.165, 1.54) is 10.4 Å². The summed E-state index contributed by atoms with van der Waals surface area (Å²) in [4.78, 5) is 16.1. The third-order valence-electron chi connectivity index (χ3n) is 4.51. The van der Waals surface area contributed by atoms with E-state index in [0.29, 0.717) is 23.8 Å². The first kappa shape index (κ1) is 18.9. The molecule has 0 spiro atoms. The smallest absolute Gasteiger partial charge is 0.251 e. The predicted octanol–water partition coefficient (Wildman–Crippen LogP) is 2.47. The van der Waals surface area contributed by atoms with Gasteiger partial charge in [-0.25, -0.2) is 8.42 Å². The summed E-state index contributed by atoms with van der Waals surface area (Å²) >= 11 is 1.80. The third kappa shape index (κ3) is 4.63. The maximum atomic E-state index is 12.3. The molecule has 0 fully saturated rings. The lowest BCUT2D eigenvalue weighted by atomic mass is 10.0. The van der Waals surface area contributed by atoms with Crippen molar-refractivity contribution in [2.45, 2.75) is 19.4 Å². The Morgan fingerprint density at radius 2 is 2.00 bits per heavy atom. The second-order valence-corrected chi connectivity index (χ2v) is 9.18. The molecule has 3 rings (SSSR count). The van der Waals surface area contributed by atoms with Crippen molar-refractivity contribution in [3.05, 3.63) is 51.7 Å². The fourth-order valence-electron chi connectivity index (χ4n) is 3.17. The molecule has 1 amide bonds. The van der Waals surface area contributed by atoms with Gasteiger partial charge in [-0.05, 0) is 54.6 Å². The minimum Gasteiger partial charge on any atom is -0.351 e. The molecule has 2 N–H and O–H groups in total. The summed E-state index contributed by atoms with van der Waals surface area (Å²) in [5, 5.41) is 5.08. The monoisotopic (exact) mass is 393 g/mol. The number of thiophene rings is 1. The number of carbonyl (C=O) groups excluding carboxylic acids is 1. The third-order valence-corrected chi connectivity index (χ3v) is 6.25. The summed E-state index contributed by atoms with van der Waals surface area (Å²) < 4.78 is 24.8. The summed E-state index contributed by atoms with van der Waals surface area (Å²) in [6, 6.07) is 8.99. The highest BCUT2D eigenvalue weighted by Crippen LogP contribution is 2.32. The molecule has 26 heavy (non-hydrogen) atoms. The van der Waals surface area contributed by atoms with Crippen LogP contribution in [0.1, 0.15) is 33.8 Å². The highest BCUT2D eigenvalue weighted by atomic mass is 32.2. The first-order valence-corrected chi connectivity index (χ1v) is 11.3. The minimum absolute atomic E-state index is 0.155. The van der Waals surface area contributed by atoms with E-state index in [1.54, 1.807) is 35.6 Å². The highest BCUT2D eigenvalue weighted by molar-refractivity contribution is 7.92. The summed E-state index contributed by atoms with van der Waals surface area (Å²) in [6.45, 7) is 4.60. The van der Waals surface area contributed by atoms with Crippen LogP contribution in [0.4, 0.5) is 5.69 Å². The van der Waals surface area contributed by atoms with Gasteiger partial charge in [0, 0.05) is 41.8 Å². The molecule has 1 atom stereocenters. The van der Waals surface area contributed by atoms with Crippen molar-refractivity contribution in [3.8, 4) is 0 Å². The number of sulfonamides is 1. The second kappa shape index (κ2) is 7.77. The van der Waals surface area contributed by atoms with Crippen LogP contribution in [0.2, 0.25) is 0 Å². The van der Waals surface area contributed by atoms with E-state index in [-0.39, 0.29) is 5.91 Å². The molecular formula is C18H23N3O3S2. The van der Waals surface area contributed by atoms with Gasteiger partial charge in [0.25, 0.3) is 5.91 Å². The Kier molecular flexibility index (Phi) is 5.64. The number of amides is 1. The van der Waals surface area contributed by atoms with Gasteiger partial charge in [-0.2, -0.15) is 0 Å². The van der Waals surface area contributed by atoms with Gasteiger partial charge in [0.15, 0.2) is 0 Å². The molecule has 1 aliphatic rings. The van der Waals surface area contributed by atoms with Crippen molar-refractivity contribution in [2.24, 2.45) is 0 Å². The second-order valence-electron chi connectivity index (χ2n) is 6.48. The van der Waals surface area contributed by atoms with Crippen molar-refractivity contribution < 1.29 is 13.2 Å². The van der Waals surface area contributed by atoms with E-state index in [2.05, 4.69) is 33.3 Å². The van der Waals surface area contributed by atoms with Gasteiger partial charge >= 0.3 is 0 Å². The van der Waals surface area contributed by atoms with Crippen LogP contribution in [-0.2, 0) is 16.4 Å². The van der Waals surface area contributed by atoms with E-state index < -0.39 is 10.0 Å². The fraction of sp³-hybridized carbons (Fsp3) is 0.389. The van der Waals surface area contributed by atoms with Crippen LogP contribution in [0.3, 0.4) is 0 Å². The Morgan fingerprint density at radius 1 is 1.27 bits per heavy atom. The van der Waals surface area contributed by atoms with Crippen LogP contribution >= 0.6 is 11.3 Å². The molecule has 0 bridgehead atoms. The number of anilines is 1. The van der Waals surface area contributed by atoms with E-state index in [0.717, 1.165) is 25.8 Å². The summed E-state index contributed by atoms with van der Waals surface area (Å²) in [5.74, 6) is -0.155. The summed E-state index contributed by atoms with van der Waals surface area (Å²) in [6.07, 6.45) is 2.15. The van der Waals surface area contributed by atoms with Gasteiger partial charge < -0.3 is 5.32 Å². The Bertz CT molecular complexity index is 875. The van der Waals surface area contributed by atoms with Crippen LogP contribution in [0.25, 0.3) is 0 Å². The molecule has 140 valence electrons. The van der Waals surface area contributed by atoms with Crippen LogP contribution in [0, 0.1) is 0 Å². The lowest BCUT2D eigenvalue weighted by Crippen LogP contribution is -2.39. The van der Waals surface area contributed by atoms with Crippen LogP contribution in [0.5, 0.6) is 0 Å². The van der Waals surface area contributed by atoms with Crippen LogP contribution < -0.4 is 10.0 Å². The first-order chi connectivity index (χ1) is 12.3. The Balaban J connectivity index is 1.50. The average molecular weight is 394 g/mol. The van der Waals surface area contributed by atoms with Crippen molar-refractivity contribution in [3.63, 3.8) is 0 Å². The molecule has 0 radical (unpaired) electrons. The number of nitrogens with one attached hydrogen (secondary N) is 2. The van der Waals surface area contributed by atoms with Gasteiger partial charge in [-0.1, -0.05) is 0 Å². The van der Waals surface area contributed by atoms with Gasteiger partial charge in [-0.15, -0.1) is 11.3 Å². The standard InChI is InChI=1S/C18H23N3O3S2/c1-13-17-14(8-12-25-17)7-10-21(13)11-9-19-18(22)15-3-5-16(6-4-15)20-26(2,23)24/h3-6,8,12-13,20H,7,9-11H2,1-2H3,(H,19,22). The van der Waals surface area contributed by atoms with Crippen LogP contribution in [-0.4, -0.2) is 45.1 Å². The zero-order chi connectivity index (χ0) is 18.7. The molecule has 0 saturated heterocycles. The largest absolute Gasteiger partial charge is 0.351 e. The number of benzene rings is 1. The minimum atomic E-state index is -3.31. The molecule has 0 saturated carbocycles. The molecular weight excluding hydrogens is 370 g/mol. The normalized spacial score (nSPS) is 17.5. The maximum Gasteiger partial charge on any atom is 0.251 e. The van der Waals surface area contributed by atoms with E-state index in [4.69, 9.17) is 0 Å². The number of nitrogens with zero attached hydrogens (tertiary/aromatic N) is 1. The van der Waals surface area contributed by atoms with E-state index >= 15 is 0 Å². The molecule has 0 aliphatic carbocycles. The topological polar surface area (TPSA) is 78.5 Å². The average Bonchev–Trinajstić information content (AvgIpc) is 3.05. The molecule has 1 aromatic heterocycles. The van der Waals surface area contributed by atoms with Crippen molar-refractivity contribution in [2.75, 3.05) is 30.6 Å². The zero-order valence-electron chi connectivity index (χ0n) is 14.9. The van der Waals surface area contributed by atoms with Crippen molar-refractivity contribution in [1.29, 1.82) is 0 Å². The molecule has 1 unspecified atom stereocenters. The number of hydrogen-bond donors (Lipinski definition) is 2. The van der Waals surface area contributed by atoms with Crippen molar-refractivity contribution in [1.82, 2.24) is 10.2 Å². The fourth-order valence-corrected chi connectivity index (χ4v) is 4.78. The van der Waals surface area contributed by atoms with E-state index in [1.807, 2.05) is 0 Å². The molecule has 8 heteroatoms. The quantitative estimate of drug-likeness (QED) is 0.790.